The first kappa shape index (κ1) is 20.4. The minimum Gasteiger partial charge on any atom is -0.457 e. The van der Waals surface area contributed by atoms with Gasteiger partial charge in [-0.05, 0) is 52.4 Å². The van der Waals surface area contributed by atoms with Crippen LogP contribution in [-0.4, -0.2) is 26.2 Å². The van der Waals surface area contributed by atoms with E-state index in [9.17, 15) is 4.79 Å². The molecular formula is C22H16Br2N4O2. The molecule has 4 rings (SSSR count). The van der Waals surface area contributed by atoms with Crippen molar-refractivity contribution in [2.45, 2.75) is 13.0 Å². The molecular weight excluding hydrogens is 512 g/mol. The van der Waals surface area contributed by atoms with Crippen LogP contribution in [0.5, 0.6) is 0 Å². The van der Waals surface area contributed by atoms with Crippen molar-refractivity contribution in [1.29, 1.82) is 0 Å². The Morgan fingerprint density at radius 2 is 1.50 bits per heavy atom. The van der Waals surface area contributed by atoms with Gasteiger partial charge in [0.25, 0.3) is 0 Å². The average molecular weight is 528 g/mol. The molecule has 0 fully saturated rings. The molecule has 0 bridgehead atoms. The second-order valence-corrected chi connectivity index (χ2v) is 8.20. The van der Waals surface area contributed by atoms with Crippen molar-refractivity contribution >= 4 is 37.8 Å². The van der Waals surface area contributed by atoms with E-state index in [0.29, 0.717) is 17.8 Å². The van der Waals surface area contributed by atoms with Gasteiger partial charge in [-0.1, -0.05) is 68.3 Å². The lowest BCUT2D eigenvalue weighted by atomic mass is 10.1. The summed E-state index contributed by atoms with van der Waals surface area (Å²) in [5.41, 5.74) is 3.23. The number of esters is 1. The van der Waals surface area contributed by atoms with E-state index >= 15 is 0 Å². The summed E-state index contributed by atoms with van der Waals surface area (Å²) in [6.07, 6.45) is 0.574. The van der Waals surface area contributed by atoms with Crippen molar-refractivity contribution < 1.29 is 9.53 Å². The standard InChI is InChI=1S/C22H16Br2N4O2/c23-19-7-3-1-5-16(19)13-21-25-26-27-28(21)18-11-9-15(10-12-18)22(29)30-14-17-6-2-4-8-20(17)24/h1-12H,13-14H2. The lowest BCUT2D eigenvalue weighted by Crippen LogP contribution is -2.07. The van der Waals surface area contributed by atoms with E-state index in [1.165, 1.54) is 0 Å². The highest BCUT2D eigenvalue weighted by Gasteiger charge is 2.13. The Morgan fingerprint density at radius 3 is 2.17 bits per heavy atom. The van der Waals surface area contributed by atoms with Crippen molar-refractivity contribution in [2.75, 3.05) is 0 Å². The van der Waals surface area contributed by atoms with Crippen LogP contribution in [-0.2, 0) is 17.8 Å². The summed E-state index contributed by atoms with van der Waals surface area (Å²) < 4.78 is 8.99. The number of carbonyl (C=O) groups excluding carboxylic acids is 1. The van der Waals surface area contributed by atoms with E-state index < -0.39 is 0 Å². The Hall–Kier alpha value is -2.84. The molecule has 0 aliphatic heterocycles. The lowest BCUT2D eigenvalue weighted by molar-refractivity contribution is 0.0472. The third kappa shape index (κ3) is 4.66. The number of hydrogen-bond donors (Lipinski definition) is 0. The molecule has 0 unspecified atom stereocenters. The topological polar surface area (TPSA) is 69.9 Å². The smallest absolute Gasteiger partial charge is 0.338 e. The van der Waals surface area contributed by atoms with E-state index in [4.69, 9.17) is 4.74 Å². The van der Waals surface area contributed by atoms with Crippen LogP contribution in [0.15, 0.2) is 81.7 Å². The van der Waals surface area contributed by atoms with Crippen molar-refractivity contribution in [1.82, 2.24) is 20.2 Å². The molecule has 0 atom stereocenters. The number of nitrogens with zero attached hydrogens (tertiary/aromatic N) is 4. The summed E-state index contributed by atoms with van der Waals surface area (Å²) in [5.74, 6) is 0.314. The monoisotopic (exact) mass is 526 g/mol. The summed E-state index contributed by atoms with van der Waals surface area (Å²) in [6.45, 7) is 0.200. The molecule has 1 aromatic heterocycles. The van der Waals surface area contributed by atoms with Gasteiger partial charge in [-0.3, -0.25) is 0 Å². The third-order valence-electron chi connectivity index (χ3n) is 4.50. The number of carbonyl (C=O) groups is 1. The number of tetrazole rings is 1. The van der Waals surface area contributed by atoms with Gasteiger partial charge in [0.15, 0.2) is 5.82 Å². The fourth-order valence-corrected chi connectivity index (χ4v) is 3.73. The van der Waals surface area contributed by atoms with Gasteiger partial charge in [-0.25, -0.2) is 4.79 Å². The zero-order valence-electron chi connectivity index (χ0n) is 15.7. The summed E-state index contributed by atoms with van der Waals surface area (Å²) in [4.78, 5) is 12.4. The molecule has 0 spiro atoms. The maximum atomic E-state index is 12.4. The first-order valence-electron chi connectivity index (χ1n) is 9.13. The van der Waals surface area contributed by atoms with Gasteiger partial charge in [0.1, 0.15) is 6.61 Å². The Kier molecular flexibility index (Phi) is 6.35. The third-order valence-corrected chi connectivity index (χ3v) is 6.05. The van der Waals surface area contributed by atoms with E-state index in [1.54, 1.807) is 28.9 Å². The van der Waals surface area contributed by atoms with Crippen LogP contribution >= 0.6 is 31.9 Å². The predicted octanol–water partition coefficient (Wildman–Crippen LogP) is 5.14. The Balaban J connectivity index is 1.46. The highest BCUT2D eigenvalue weighted by atomic mass is 79.9. The molecule has 8 heteroatoms. The molecule has 0 aliphatic carbocycles. The Bertz CT molecular complexity index is 1180. The molecule has 0 saturated heterocycles. The van der Waals surface area contributed by atoms with Gasteiger partial charge < -0.3 is 4.74 Å². The van der Waals surface area contributed by atoms with Crippen molar-refractivity contribution in [2.24, 2.45) is 0 Å². The summed E-state index contributed by atoms with van der Waals surface area (Å²) >= 11 is 7.01. The van der Waals surface area contributed by atoms with Gasteiger partial charge in [0.2, 0.25) is 0 Å². The molecule has 0 saturated carbocycles. The highest BCUT2D eigenvalue weighted by Crippen LogP contribution is 2.20. The predicted molar refractivity (Wildman–Crippen MR) is 119 cm³/mol. The molecule has 4 aromatic rings. The highest BCUT2D eigenvalue weighted by molar-refractivity contribution is 9.10. The number of rotatable bonds is 6. The molecule has 1 heterocycles. The fourth-order valence-electron chi connectivity index (χ4n) is 2.91. The second-order valence-electron chi connectivity index (χ2n) is 6.49. The zero-order valence-corrected chi connectivity index (χ0v) is 18.9. The molecule has 0 radical (unpaired) electrons. The van der Waals surface area contributed by atoms with Gasteiger partial charge in [0.05, 0.1) is 11.3 Å². The van der Waals surface area contributed by atoms with Crippen LogP contribution in [0.25, 0.3) is 5.69 Å². The first-order chi connectivity index (χ1) is 14.6. The number of hydrogen-bond acceptors (Lipinski definition) is 5. The molecule has 6 nitrogen and oxygen atoms in total. The van der Waals surface area contributed by atoms with Crippen LogP contribution in [0.2, 0.25) is 0 Å². The maximum absolute atomic E-state index is 12.4. The fraction of sp³-hybridized carbons (Fsp3) is 0.0909. The Morgan fingerprint density at radius 1 is 0.867 bits per heavy atom. The van der Waals surface area contributed by atoms with Crippen molar-refractivity contribution in [3.05, 3.63) is 104 Å². The minimum absolute atomic E-state index is 0.200. The zero-order chi connectivity index (χ0) is 20.9. The quantitative estimate of drug-likeness (QED) is 0.325. The number of aromatic nitrogens is 4. The normalized spacial score (nSPS) is 10.7. The summed E-state index contributed by atoms with van der Waals surface area (Å²) in [6, 6.07) is 22.6. The lowest BCUT2D eigenvalue weighted by Gasteiger charge is -2.08. The summed E-state index contributed by atoms with van der Waals surface area (Å²) in [7, 11) is 0. The van der Waals surface area contributed by atoms with Crippen LogP contribution in [0.1, 0.15) is 27.3 Å². The van der Waals surface area contributed by atoms with Crippen LogP contribution in [0, 0.1) is 0 Å². The van der Waals surface area contributed by atoms with Gasteiger partial charge >= 0.3 is 5.97 Å². The van der Waals surface area contributed by atoms with Gasteiger partial charge in [-0.2, -0.15) is 4.68 Å². The van der Waals surface area contributed by atoms with E-state index in [0.717, 1.165) is 25.8 Å². The maximum Gasteiger partial charge on any atom is 0.338 e. The SMILES string of the molecule is O=C(OCc1ccccc1Br)c1ccc(-n2nnnc2Cc2ccccc2Br)cc1. The number of halogens is 2. The molecule has 3 aromatic carbocycles. The summed E-state index contributed by atoms with van der Waals surface area (Å²) in [5, 5.41) is 12.0. The van der Waals surface area contributed by atoms with Crippen LogP contribution in [0.4, 0.5) is 0 Å². The largest absolute Gasteiger partial charge is 0.457 e. The number of benzene rings is 3. The molecule has 150 valence electrons. The molecule has 0 aliphatic rings. The van der Waals surface area contributed by atoms with E-state index in [-0.39, 0.29) is 12.6 Å². The van der Waals surface area contributed by atoms with E-state index in [1.807, 2.05) is 48.5 Å². The van der Waals surface area contributed by atoms with Crippen molar-refractivity contribution in [3.8, 4) is 5.69 Å². The average Bonchev–Trinajstić information content (AvgIpc) is 3.23. The van der Waals surface area contributed by atoms with Gasteiger partial charge in [-0.15, -0.1) is 5.10 Å². The van der Waals surface area contributed by atoms with Gasteiger partial charge in [0, 0.05) is 20.9 Å². The number of ether oxygens (including phenoxy) is 1. The molecule has 0 N–H and O–H groups in total. The Labute approximate surface area is 190 Å². The molecule has 30 heavy (non-hydrogen) atoms. The first-order valence-corrected chi connectivity index (χ1v) is 10.7. The molecule has 0 amide bonds. The van der Waals surface area contributed by atoms with Crippen LogP contribution < -0.4 is 0 Å². The van der Waals surface area contributed by atoms with E-state index in [2.05, 4.69) is 47.4 Å². The minimum atomic E-state index is -0.387. The van der Waals surface area contributed by atoms with Crippen LogP contribution in [0.3, 0.4) is 0 Å². The second kappa shape index (κ2) is 9.32. The van der Waals surface area contributed by atoms with Crippen molar-refractivity contribution in [3.63, 3.8) is 0 Å².